The summed E-state index contributed by atoms with van der Waals surface area (Å²) in [5.74, 6) is 1.79. The Bertz CT molecular complexity index is 896. The third kappa shape index (κ3) is 2.91. The number of thiophene rings is 1. The zero-order valence-corrected chi connectivity index (χ0v) is 14.7. The second kappa shape index (κ2) is 6.06. The van der Waals surface area contributed by atoms with Crippen LogP contribution in [0.1, 0.15) is 29.3 Å². The number of H-pyrrole nitrogens is 1. The van der Waals surface area contributed by atoms with Gasteiger partial charge in [0, 0.05) is 11.4 Å². The molecule has 2 heterocycles. The Balaban J connectivity index is 1.75. The molecule has 2 aromatic heterocycles. The standard InChI is InChI=1S/C18H19N3S2/c1-11-7-8-13-14(9-11)23-17-15(13)16(20-18(22)21-17)19-10-12-5-3-2-4-6-12/h2-6,11H,7-10H2,1H3,(H2,19,20,21,22). The van der Waals surface area contributed by atoms with Crippen molar-refractivity contribution in [3.05, 3.63) is 51.1 Å². The third-order valence-corrected chi connectivity index (χ3v) is 5.83. The van der Waals surface area contributed by atoms with Crippen LogP contribution in [0.2, 0.25) is 0 Å². The summed E-state index contributed by atoms with van der Waals surface area (Å²) in [4.78, 5) is 10.4. The molecular weight excluding hydrogens is 322 g/mol. The Morgan fingerprint density at radius 2 is 2.17 bits per heavy atom. The lowest BCUT2D eigenvalue weighted by Gasteiger charge is -2.18. The van der Waals surface area contributed by atoms with Gasteiger partial charge in [0.25, 0.3) is 0 Å². The number of hydrogen-bond acceptors (Lipinski definition) is 4. The summed E-state index contributed by atoms with van der Waals surface area (Å²) in [6, 6.07) is 10.4. The Kier molecular flexibility index (Phi) is 3.91. The minimum absolute atomic E-state index is 0.555. The van der Waals surface area contributed by atoms with Crippen molar-refractivity contribution in [1.29, 1.82) is 0 Å². The van der Waals surface area contributed by atoms with Crippen LogP contribution in [-0.2, 0) is 19.4 Å². The van der Waals surface area contributed by atoms with Crippen molar-refractivity contribution in [1.82, 2.24) is 9.97 Å². The van der Waals surface area contributed by atoms with E-state index in [1.807, 2.05) is 17.4 Å². The molecule has 0 aliphatic heterocycles. The topological polar surface area (TPSA) is 40.7 Å². The van der Waals surface area contributed by atoms with Gasteiger partial charge in [0.2, 0.25) is 0 Å². The summed E-state index contributed by atoms with van der Waals surface area (Å²) in [6.07, 6.45) is 3.57. The molecule has 0 saturated carbocycles. The molecule has 1 unspecified atom stereocenters. The van der Waals surface area contributed by atoms with Gasteiger partial charge in [0.1, 0.15) is 10.6 Å². The van der Waals surface area contributed by atoms with Crippen molar-refractivity contribution in [2.24, 2.45) is 5.92 Å². The fourth-order valence-corrected chi connectivity index (χ4v) is 4.93. The Hall–Kier alpha value is -1.72. The summed E-state index contributed by atoms with van der Waals surface area (Å²) < 4.78 is 0.555. The predicted octanol–water partition coefficient (Wildman–Crippen LogP) is 5.09. The van der Waals surface area contributed by atoms with E-state index in [1.54, 1.807) is 0 Å². The molecule has 0 saturated heterocycles. The minimum atomic E-state index is 0.555. The van der Waals surface area contributed by atoms with E-state index in [2.05, 4.69) is 46.5 Å². The van der Waals surface area contributed by atoms with Gasteiger partial charge in [0.05, 0.1) is 5.39 Å². The lowest BCUT2D eigenvalue weighted by atomic mass is 9.89. The summed E-state index contributed by atoms with van der Waals surface area (Å²) in [7, 11) is 0. The van der Waals surface area contributed by atoms with Crippen LogP contribution in [0.15, 0.2) is 30.3 Å². The maximum absolute atomic E-state index is 5.32. The molecular formula is C18H19N3S2. The molecule has 118 valence electrons. The average Bonchev–Trinajstić information content (AvgIpc) is 2.90. The number of fused-ring (bicyclic) bond motifs is 3. The maximum atomic E-state index is 5.32. The molecule has 0 bridgehead atoms. The van der Waals surface area contributed by atoms with Gasteiger partial charge < -0.3 is 10.3 Å². The Labute approximate surface area is 144 Å². The summed E-state index contributed by atoms with van der Waals surface area (Å²) in [6.45, 7) is 3.12. The van der Waals surface area contributed by atoms with Gasteiger partial charge in [0.15, 0.2) is 4.77 Å². The van der Waals surface area contributed by atoms with E-state index in [1.165, 1.54) is 34.2 Å². The lowest BCUT2D eigenvalue weighted by molar-refractivity contribution is 0.509. The van der Waals surface area contributed by atoms with Crippen LogP contribution >= 0.6 is 23.6 Å². The highest BCUT2D eigenvalue weighted by Crippen LogP contribution is 2.39. The Morgan fingerprint density at radius 3 is 3.00 bits per heavy atom. The number of nitrogens with one attached hydrogen (secondary N) is 2. The lowest BCUT2D eigenvalue weighted by Crippen LogP contribution is -2.09. The van der Waals surface area contributed by atoms with E-state index in [0.29, 0.717) is 4.77 Å². The largest absolute Gasteiger partial charge is 0.367 e. The zero-order valence-electron chi connectivity index (χ0n) is 13.1. The van der Waals surface area contributed by atoms with Crippen molar-refractivity contribution in [2.45, 2.75) is 32.7 Å². The molecule has 0 amide bonds. The van der Waals surface area contributed by atoms with E-state index >= 15 is 0 Å². The number of aromatic nitrogens is 2. The van der Waals surface area contributed by atoms with Crippen molar-refractivity contribution in [3.8, 4) is 0 Å². The summed E-state index contributed by atoms with van der Waals surface area (Å²) in [5.41, 5.74) is 2.73. The van der Waals surface area contributed by atoms with Crippen LogP contribution in [0.5, 0.6) is 0 Å². The smallest absolute Gasteiger partial charge is 0.199 e. The molecule has 4 rings (SSSR count). The Morgan fingerprint density at radius 1 is 1.35 bits per heavy atom. The van der Waals surface area contributed by atoms with Crippen molar-refractivity contribution < 1.29 is 0 Å². The van der Waals surface area contributed by atoms with Crippen LogP contribution in [-0.4, -0.2) is 9.97 Å². The van der Waals surface area contributed by atoms with Crippen molar-refractivity contribution in [3.63, 3.8) is 0 Å². The molecule has 3 nitrogen and oxygen atoms in total. The van der Waals surface area contributed by atoms with Gasteiger partial charge in [-0.15, -0.1) is 11.3 Å². The van der Waals surface area contributed by atoms with E-state index in [4.69, 9.17) is 12.2 Å². The first-order valence-electron chi connectivity index (χ1n) is 8.03. The fourth-order valence-electron chi connectivity index (χ4n) is 3.28. The number of anilines is 1. The van der Waals surface area contributed by atoms with Crippen LogP contribution in [0.4, 0.5) is 5.82 Å². The second-order valence-electron chi connectivity index (χ2n) is 6.29. The van der Waals surface area contributed by atoms with Crippen molar-refractivity contribution in [2.75, 3.05) is 5.32 Å². The summed E-state index contributed by atoms with van der Waals surface area (Å²) in [5, 5.41) is 4.79. The van der Waals surface area contributed by atoms with Gasteiger partial charge in [-0.25, -0.2) is 4.98 Å². The van der Waals surface area contributed by atoms with Crippen LogP contribution in [0, 0.1) is 10.7 Å². The highest BCUT2D eigenvalue weighted by molar-refractivity contribution is 7.71. The quantitative estimate of drug-likeness (QED) is 0.652. The van der Waals surface area contributed by atoms with E-state index in [9.17, 15) is 0 Å². The van der Waals surface area contributed by atoms with Crippen molar-refractivity contribution >= 4 is 39.6 Å². The molecule has 0 fully saturated rings. The highest BCUT2D eigenvalue weighted by atomic mass is 32.1. The van der Waals surface area contributed by atoms with E-state index < -0.39 is 0 Å². The van der Waals surface area contributed by atoms with Crippen LogP contribution < -0.4 is 5.32 Å². The monoisotopic (exact) mass is 341 g/mol. The molecule has 23 heavy (non-hydrogen) atoms. The van der Waals surface area contributed by atoms with Gasteiger partial charge in [-0.05, 0) is 48.5 Å². The average molecular weight is 342 g/mol. The normalized spacial score (nSPS) is 17.2. The zero-order chi connectivity index (χ0) is 15.8. The number of aryl methyl sites for hydroxylation is 1. The molecule has 1 aliphatic rings. The predicted molar refractivity (Wildman–Crippen MR) is 99.8 cm³/mol. The number of aromatic amines is 1. The molecule has 2 N–H and O–H groups in total. The number of hydrogen-bond donors (Lipinski definition) is 2. The van der Waals surface area contributed by atoms with Gasteiger partial charge in [-0.2, -0.15) is 0 Å². The molecule has 1 atom stereocenters. The SMILES string of the molecule is CC1CCc2c(sc3nc(=S)[nH]c(NCc4ccccc4)c23)C1. The minimum Gasteiger partial charge on any atom is -0.367 e. The number of benzene rings is 1. The molecule has 3 aromatic rings. The molecule has 1 aromatic carbocycles. The van der Waals surface area contributed by atoms with E-state index in [-0.39, 0.29) is 0 Å². The van der Waals surface area contributed by atoms with Gasteiger partial charge in [-0.1, -0.05) is 37.3 Å². The number of rotatable bonds is 3. The van der Waals surface area contributed by atoms with Crippen LogP contribution in [0.3, 0.4) is 0 Å². The molecule has 1 aliphatic carbocycles. The van der Waals surface area contributed by atoms with Gasteiger partial charge >= 0.3 is 0 Å². The molecule has 0 spiro atoms. The number of nitrogens with zero attached hydrogens (tertiary/aromatic N) is 1. The summed E-state index contributed by atoms with van der Waals surface area (Å²) >= 11 is 7.14. The highest BCUT2D eigenvalue weighted by Gasteiger charge is 2.22. The first-order chi connectivity index (χ1) is 11.2. The molecule has 5 heteroatoms. The second-order valence-corrected chi connectivity index (χ2v) is 7.76. The van der Waals surface area contributed by atoms with Gasteiger partial charge in [-0.3, -0.25) is 0 Å². The molecule has 0 radical (unpaired) electrons. The first kappa shape index (κ1) is 14.8. The fraction of sp³-hybridized carbons (Fsp3) is 0.333. The first-order valence-corrected chi connectivity index (χ1v) is 9.25. The maximum Gasteiger partial charge on any atom is 0.199 e. The van der Waals surface area contributed by atoms with Crippen LogP contribution in [0.25, 0.3) is 10.2 Å². The third-order valence-electron chi connectivity index (χ3n) is 4.49. The van der Waals surface area contributed by atoms with E-state index in [0.717, 1.165) is 29.5 Å².